The lowest BCUT2D eigenvalue weighted by molar-refractivity contribution is -0.131. The van der Waals surface area contributed by atoms with Crippen LogP contribution in [0.2, 0.25) is 0 Å². The predicted octanol–water partition coefficient (Wildman–Crippen LogP) is 0.687. The fourth-order valence-electron chi connectivity index (χ4n) is 3.07. The quantitative estimate of drug-likeness (QED) is 0.545. The minimum absolute atomic E-state index is 0.297. The average Bonchev–Trinajstić information content (AvgIpc) is 2.69. The third-order valence-electron chi connectivity index (χ3n) is 4.51. The van der Waals surface area contributed by atoms with E-state index in [1.807, 2.05) is 6.92 Å². The van der Waals surface area contributed by atoms with Gasteiger partial charge in [-0.25, -0.2) is 9.69 Å². The lowest BCUT2D eigenvalue weighted by atomic mass is 10.1. The van der Waals surface area contributed by atoms with Crippen LogP contribution in [-0.4, -0.2) is 75.0 Å². The molecular weight excluding hydrogens is 364 g/mol. The predicted molar refractivity (Wildman–Crippen MR) is 103 cm³/mol. The molecule has 4 amide bonds. The Kier molecular flexibility index (Phi) is 6.72. The Bertz CT molecular complexity index is 760. The molecule has 2 heterocycles. The van der Waals surface area contributed by atoms with Gasteiger partial charge in [0.25, 0.3) is 5.91 Å². The Morgan fingerprint density at radius 2 is 2.00 bits per heavy atom. The number of aliphatic imine (C=N–C) groups is 1. The highest BCUT2D eigenvalue weighted by atomic mass is 16.5. The number of carbonyl (C=O) groups is 3. The second-order valence-electron chi connectivity index (χ2n) is 6.36. The van der Waals surface area contributed by atoms with E-state index in [0.717, 1.165) is 24.5 Å². The van der Waals surface area contributed by atoms with Crippen LogP contribution < -0.4 is 15.0 Å². The van der Waals surface area contributed by atoms with Crippen molar-refractivity contribution >= 4 is 29.7 Å². The maximum Gasteiger partial charge on any atom is 0.335 e. The van der Waals surface area contributed by atoms with Crippen molar-refractivity contribution < 1.29 is 23.9 Å². The number of carbonyl (C=O) groups excluding carboxylic acids is 3. The lowest BCUT2D eigenvalue weighted by Crippen LogP contribution is -2.58. The first-order chi connectivity index (χ1) is 13.6. The van der Waals surface area contributed by atoms with E-state index in [1.165, 1.54) is 6.21 Å². The molecule has 2 fully saturated rings. The Labute approximate surface area is 163 Å². The van der Waals surface area contributed by atoms with Gasteiger partial charge in [0.2, 0.25) is 5.91 Å². The van der Waals surface area contributed by atoms with E-state index < -0.39 is 23.8 Å². The summed E-state index contributed by atoms with van der Waals surface area (Å²) in [6, 6.07) is 5.92. The zero-order chi connectivity index (χ0) is 19.9. The molecule has 0 saturated carbocycles. The number of rotatable bonds is 7. The molecule has 9 heteroatoms. The molecule has 3 rings (SSSR count). The number of morpholine rings is 1. The van der Waals surface area contributed by atoms with Crippen LogP contribution in [0, 0.1) is 5.92 Å². The Hall–Kier alpha value is -2.78. The molecule has 0 unspecified atom stereocenters. The van der Waals surface area contributed by atoms with E-state index in [-0.39, 0.29) is 0 Å². The number of hydrogen-bond donors (Lipinski definition) is 1. The van der Waals surface area contributed by atoms with Crippen LogP contribution in [0.1, 0.15) is 6.92 Å². The van der Waals surface area contributed by atoms with Crippen LogP contribution in [0.25, 0.3) is 0 Å². The highest BCUT2D eigenvalue weighted by Gasteiger charge is 2.41. The van der Waals surface area contributed by atoms with Crippen LogP contribution in [0.5, 0.6) is 5.75 Å². The first-order valence-electron chi connectivity index (χ1n) is 9.32. The minimum Gasteiger partial charge on any atom is -0.492 e. The fourth-order valence-corrected chi connectivity index (χ4v) is 3.07. The summed E-state index contributed by atoms with van der Waals surface area (Å²) in [6.07, 6.45) is 1.32. The number of anilines is 1. The van der Waals surface area contributed by atoms with Gasteiger partial charge in [0.15, 0.2) is 5.92 Å². The maximum atomic E-state index is 12.9. The van der Waals surface area contributed by atoms with Crippen LogP contribution in [0.3, 0.4) is 0 Å². The Balaban J connectivity index is 1.70. The number of hydrogen-bond acceptors (Lipinski definition) is 7. The van der Waals surface area contributed by atoms with Gasteiger partial charge >= 0.3 is 6.03 Å². The molecule has 1 N–H and O–H groups in total. The normalized spacial score (nSPS) is 21.2. The number of urea groups is 1. The first kappa shape index (κ1) is 20.0. The molecule has 28 heavy (non-hydrogen) atoms. The van der Waals surface area contributed by atoms with Gasteiger partial charge in [-0.05, 0) is 19.1 Å². The molecule has 9 nitrogen and oxygen atoms in total. The topological polar surface area (TPSA) is 101 Å². The highest BCUT2D eigenvalue weighted by molar-refractivity contribution is 6.32. The van der Waals surface area contributed by atoms with E-state index >= 15 is 0 Å². The second kappa shape index (κ2) is 9.43. The van der Waals surface area contributed by atoms with Crippen LogP contribution >= 0.6 is 0 Å². The summed E-state index contributed by atoms with van der Waals surface area (Å²) in [5, 5.41) is 2.22. The molecular formula is C19H24N4O5. The van der Waals surface area contributed by atoms with Crippen molar-refractivity contribution in [2.45, 2.75) is 6.92 Å². The number of nitrogens with one attached hydrogen (secondary N) is 1. The lowest BCUT2D eigenvalue weighted by Gasteiger charge is -2.29. The number of nitrogens with zero attached hydrogens (tertiary/aromatic N) is 3. The van der Waals surface area contributed by atoms with E-state index in [9.17, 15) is 14.4 Å². The largest absolute Gasteiger partial charge is 0.492 e. The molecule has 150 valence electrons. The van der Waals surface area contributed by atoms with Crippen molar-refractivity contribution in [3.8, 4) is 5.75 Å². The van der Waals surface area contributed by atoms with Gasteiger partial charge in [0, 0.05) is 25.8 Å². The van der Waals surface area contributed by atoms with Crippen molar-refractivity contribution in [2.75, 3.05) is 50.9 Å². The smallest absolute Gasteiger partial charge is 0.335 e. The SMILES string of the molecule is CCOc1ccccc1N1C(=O)NC(=O)[C@@H](C=NCCN2CCOCC2)C1=O. The number of para-hydroxylation sites is 2. The van der Waals surface area contributed by atoms with Crippen molar-refractivity contribution in [3.63, 3.8) is 0 Å². The molecule has 2 saturated heterocycles. The average molecular weight is 388 g/mol. The van der Waals surface area contributed by atoms with Gasteiger partial charge in [-0.3, -0.25) is 24.8 Å². The second-order valence-corrected chi connectivity index (χ2v) is 6.36. The summed E-state index contributed by atoms with van der Waals surface area (Å²) in [5.74, 6) is -2.07. The molecule has 2 aliphatic heterocycles. The molecule has 2 aliphatic rings. The summed E-state index contributed by atoms with van der Waals surface area (Å²) < 4.78 is 10.8. The third-order valence-corrected chi connectivity index (χ3v) is 4.51. The molecule has 1 aromatic carbocycles. The van der Waals surface area contributed by atoms with E-state index in [2.05, 4.69) is 15.2 Å². The summed E-state index contributed by atoms with van der Waals surface area (Å²) in [5.41, 5.74) is 0.297. The van der Waals surface area contributed by atoms with E-state index in [1.54, 1.807) is 24.3 Å². The molecule has 1 aromatic rings. The number of amides is 4. The molecule has 0 bridgehead atoms. The van der Waals surface area contributed by atoms with Crippen molar-refractivity contribution in [3.05, 3.63) is 24.3 Å². The Morgan fingerprint density at radius 3 is 2.75 bits per heavy atom. The Morgan fingerprint density at radius 1 is 1.25 bits per heavy atom. The van der Waals surface area contributed by atoms with E-state index in [4.69, 9.17) is 9.47 Å². The maximum absolute atomic E-state index is 12.9. The van der Waals surface area contributed by atoms with Gasteiger partial charge in [0.05, 0.1) is 32.1 Å². The van der Waals surface area contributed by atoms with Crippen molar-refractivity contribution in [1.82, 2.24) is 10.2 Å². The van der Waals surface area contributed by atoms with Gasteiger partial charge in [-0.15, -0.1) is 0 Å². The monoisotopic (exact) mass is 388 g/mol. The van der Waals surface area contributed by atoms with Crippen LogP contribution in [0.15, 0.2) is 29.3 Å². The first-order valence-corrected chi connectivity index (χ1v) is 9.32. The molecule has 1 atom stereocenters. The highest BCUT2D eigenvalue weighted by Crippen LogP contribution is 2.30. The van der Waals surface area contributed by atoms with Gasteiger partial charge in [0.1, 0.15) is 5.75 Å². The van der Waals surface area contributed by atoms with E-state index in [0.29, 0.717) is 37.8 Å². The summed E-state index contributed by atoms with van der Waals surface area (Å²) in [6.45, 7) is 6.45. The number of benzene rings is 1. The van der Waals surface area contributed by atoms with Crippen LogP contribution in [-0.2, 0) is 14.3 Å². The summed E-state index contributed by atoms with van der Waals surface area (Å²) in [4.78, 5) is 44.7. The summed E-state index contributed by atoms with van der Waals surface area (Å²) in [7, 11) is 0. The third kappa shape index (κ3) is 4.55. The standard InChI is InChI=1S/C19H24N4O5/c1-2-28-16-6-4-3-5-15(16)23-18(25)14(17(24)21-19(23)26)13-20-7-8-22-9-11-27-12-10-22/h3-6,13-14H,2,7-12H2,1H3,(H,21,24,26)/t14-/m1/s1. The molecule has 0 spiro atoms. The number of ether oxygens (including phenoxy) is 2. The molecule has 0 radical (unpaired) electrons. The van der Waals surface area contributed by atoms with Gasteiger partial charge in [-0.1, -0.05) is 12.1 Å². The van der Waals surface area contributed by atoms with Crippen LogP contribution in [0.4, 0.5) is 10.5 Å². The van der Waals surface area contributed by atoms with Crippen molar-refractivity contribution in [2.24, 2.45) is 10.9 Å². The number of barbiturate groups is 1. The fraction of sp³-hybridized carbons (Fsp3) is 0.474. The summed E-state index contributed by atoms with van der Waals surface area (Å²) >= 11 is 0. The molecule has 0 aliphatic carbocycles. The van der Waals surface area contributed by atoms with Crippen molar-refractivity contribution in [1.29, 1.82) is 0 Å². The zero-order valence-corrected chi connectivity index (χ0v) is 15.8. The molecule has 0 aromatic heterocycles. The van der Waals surface area contributed by atoms with Gasteiger partial charge in [-0.2, -0.15) is 0 Å². The zero-order valence-electron chi connectivity index (χ0n) is 15.8. The minimum atomic E-state index is -1.16. The number of imide groups is 2. The van der Waals surface area contributed by atoms with Gasteiger partial charge < -0.3 is 9.47 Å².